The Morgan fingerprint density at radius 2 is 2.12 bits per heavy atom. The zero-order chi connectivity index (χ0) is 17.5. The number of aromatic nitrogens is 2. The molecule has 0 aliphatic heterocycles. The zero-order valence-corrected chi connectivity index (χ0v) is 14.2. The second kappa shape index (κ2) is 8.56. The summed E-state index contributed by atoms with van der Waals surface area (Å²) in [6.07, 6.45) is 0.795. The van der Waals surface area contributed by atoms with Crippen LogP contribution < -0.4 is 10.6 Å². The molecule has 0 spiro atoms. The topological polar surface area (TPSA) is 76.1 Å². The number of anilines is 2. The molecule has 1 heterocycles. The molecule has 0 atom stereocenters. The van der Waals surface area contributed by atoms with Crippen molar-refractivity contribution in [3.8, 4) is 0 Å². The van der Waals surface area contributed by atoms with Crippen molar-refractivity contribution in [2.24, 2.45) is 0 Å². The van der Waals surface area contributed by atoms with E-state index in [2.05, 4.69) is 20.6 Å². The van der Waals surface area contributed by atoms with Gasteiger partial charge in [-0.3, -0.25) is 4.79 Å². The van der Waals surface area contributed by atoms with E-state index >= 15 is 0 Å². The average molecular weight is 353 g/mol. The zero-order valence-electron chi connectivity index (χ0n) is 13.4. The van der Waals surface area contributed by atoms with Crippen LogP contribution in [-0.4, -0.2) is 36.1 Å². The van der Waals surface area contributed by atoms with Gasteiger partial charge in [-0.1, -0.05) is 11.6 Å². The summed E-state index contributed by atoms with van der Waals surface area (Å²) in [4.78, 5) is 20.7. The first-order valence-corrected chi connectivity index (χ1v) is 7.72. The molecule has 1 aromatic heterocycles. The van der Waals surface area contributed by atoms with Gasteiger partial charge in [0, 0.05) is 31.6 Å². The van der Waals surface area contributed by atoms with Gasteiger partial charge in [0.15, 0.2) is 0 Å². The van der Waals surface area contributed by atoms with Crippen molar-refractivity contribution in [3.63, 3.8) is 0 Å². The molecular weight excluding hydrogens is 335 g/mol. The number of nitrogens with one attached hydrogen (secondary N) is 2. The van der Waals surface area contributed by atoms with Crippen molar-refractivity contribution < 1.29 is 13.9 Å². The summed E-state index contributed by atoms with van der Waals surface area (Å²) in [5.41, 5.74) is 1.25. The van der Waals surface area contributed by atoms with Crippen LogP contribution >= 0.6 is 11.6 Å². The Hall–Kier alpha value is -2.25. The van der Waals surface area contributed by atoms with E-state index in [-0.39, 0.29) is 10.7 Å². The SMILES string of the molecule is COCCCNc1nc(C)cc(C(=O)Nc2ccc(F)c(Cl)c2)n1. The van der Waals surface area contributed by atoms with Crippen molar-refractivity contribution in [1.82, 2.24) is 9.97 Å². The van der Waals surface area contributed by atoms with Crippen LogP contribution in [0.25, 0.3) is 0 Å². The number of carbonyl (C=O) groups is 1. The van der Waals surface area contributed by atoms with E-state index in [9.17, 15) is 9.18 Å². The third-order valence-corrected chi connectivity index (χ3v) is 3.36. The monoisotopic (exact) mass is 352 g/mol. The minimum absolute atomic E-state index is 0.0628. The Morgan fingerprint density at radius 1 is 1.33 bits per heavy atom. The van der Waals surface area contributed by atoms with E-state index < -0.39 is 11.7 Å². The molecule has 2 rings (SSSR count). The maximum atomic E-state index is 13.2. The molecule has 0 unspecified atom stereocenters. The summed E-state index contributed by atoms with van der Waals surface area (Å²) in [5.74, 6) is -0.605. The summed E-state index contributed by atoms with van der Waals surface area (Å²) in [7, 11) is 1.63. The van der Waals surface area contributed by atoms with Gasteiger partial charge in [0.1, 0.15) is 11.5 Å². The number of amides is 1. The second-order valence-electron chi connectivity index (χ2n) is 5.07. The largest absolute Gasteiger partial charge is 0.385 e. The molecule has 1 amide bonds. The molecule has 0 saturated carbocycles. The second-order valence-corrected chi connectivity index (χ2v) is 5.48. The molecule has 24 heavy (non-hydrogen) atoms. The normalized spacial score (nSPS) is 10.5. The number of hydrogen-bond acceptors (Lipinski definition) is 5. The fourth-order valence-corrected chi connectivity index (χ4v) is 2.13. The van der Waals surface area contributed by atoms with Crippen LogP contribution in [0.1, 0.15) is 22.6 Å². The molecule has 0 aliphatic carbocycles. The third kappa shape index (κ3) is 5.14. The van der Waals surface area contributed by atoms with Gasteiger partial charge in [0.25, 0.3) is 5.91 Å². The molecule has 1 aromatic carbocycles. The van der Waals surface area contributed by atoms with Crippen LogP contribution in [0.4, 0.5) is 16.0 Å². The lowest BCUT2D eigenvalue weighted by molar-refractivity contribution is 0.102. The molecular formula is C16H18ClFN4O2. The number of benzene rings is 1. The van der Waals surface area contributed by atoms with Crippen LogP contribution in [0.2, 0.25) is 5.02 Å². The van der Waals surface area contributed by atoms with Gasteiger partial charge in [-0.2, -0.15) is 0 Å². The van der Waals surface area contributed by atoms with Crippen molar-refractivity contribution in [3.05, 3.63) is 46.5 Å². The summed E-state index contributed by atoms with van der Waals surface area (Å²) in [6.45, 7) is 3.02. The quantitative estimate of drug-likeness (QED) is 0.748. The Labute approximate surface area is 144 Å². The first kappa shape index (κ1) is 18.1. The third-order valence-electron chi connectivity index (χ3n) is 3.07. The van der Waals surface area contributed by atoms with E-state index in [1.165, 1.54) is 18.2 Å². The first-order chi connectivity index (χ1) is 11.5. The van der Waals surface area contributed by atoms with E-state index in [1.807, 2.05) is 0 Å². The minimum Gasteiger partial charge on any atom is -0.385 e. The molecule has 0 aliphatic rings. The summed E-state index contributed by atoms with van der Waals surface area (Å²) < 4.78 is 18.1. The van der Waals surface area contributed by atoms with Gasteiger partial charge in [-0.05, 0) is 37.6 Å². The van der Waals surface area contributed by atoms with Crippen LogP contribution in [0.3, 0.4) is 0 Å². The number of carbonyl (C=O) groups excluding carboxylic acids is 1. The molecule has 8 heteroatoms. The summed E-state index contributed by atoms with van der Waals surface area (Å²) in [5, 5.41) is 5.61. The smallest absolute Gasteiger partial charge is 0.274 e. The van der Waals surface area contributed by atoms with Crippen molar-refractivity contribution in [2.45, 2.75) is 13.3 Å². The predicted molar refractivity (Wildman–Crippen MR) is 91.1 cm³/mol. The molecule has 0 radical (unpaired) electrons. The van der Waals surface area contributed by atoms with Crippen molar-refractivity contribution in [1.29, 1.82) is 0 Å². The van der Waals surface area contributed by atoms with E-state index in [0.29, 0.717) is 30.5 Å². The number of rotatable bonds is 7. The molecule has 0 bridgehead atoms. The van der Waals surface area contributed by atoms with Gasteiger partial charge in [-0.25, -0.2) is 14.4 Å². The van der Waals surface area contributed by atoms with Crippen molar-refractivity contribution in [2.75, 3.05) is 30.9 Å². The van der Waals surface area contributed by atoms with E-state index in [4.69, 9.17) is 16.3 Å². The van der Waals surface area contributed by atoms with E-state index in [1.54, 1.807) is 20.1 Å². The maximum absolute atomic E-state index is 13.2. The Kier molecular flexibility index (Phi) is 6.45. The minimum atomic E-state index is -0.546. The first-order valence-electron chi connectivity index (χ1n) is 7.34. The average Bonchev–Trinajstić information content (AvgIpc) is 2.54. The highest BCUT2D eigenvalue weighted by atomic mass is 35.5. The van der Waals surface area contributed by atoms with E-state index in [0.717, 1.165) is 6.42 Å². The number of methoxy groups -OCH3 is 1. The lowest BCUT2D eigenvalue weighted by atomic mass is 10.2. The van der Waals surface area contributed by atoms with Gasteiger partial charge >= 0.3 is 0 Å². The molecule has 2 aromatic rings. The van der Waals surface area contributed by atoms with Crippen LogP contribution in [0, 0.1) is 12.7 Å². The fourth-order valence-electron chi connectivity index (χ4n) is 1.95. The molecule has 2 N–H and O–H groups in total. The Morgan fingerprint density at radius 3 is 2.83 bits per heavy atom. The number of nitrogens with zero attached hydrogens (tertiary/aromatic N) is 2. The standard InChI is InChI=1S/C16H18ClFN4O2/c1-10-8-14(22-16(20-10)19-6-3-7-24-2)15(23)21-11-4-5-13(18)12(17)9-11/h4-5,8-9H,3,6-7H2,1-2H3,(H,21,23)(H,19,20,22). The highest BCUT2D eigenvalue weighted by Gasteiger charge is 2.12. The van der Waals surface area contributed by atoms with Gasteiger partial charge in [0.2, 0.25) is 5.95 Å². The number of aryl methyl sites for hydroxylation is 1. The van der Waals surface area contributed by atoms with Gasteiger partial charge < -0.3 is 15.4 Å². The van der Waals surface area contributed by atoms with Crippen LogP contribution in [0.5, 0.6) is 0 Å². The predicted octanol–water partition coefficient (Wildman–Crippen LogP) is 3.28. The molecule has 0 fully saturated rings. The van der Waals surface area contributed by atoms with Crippen molar-refractivity contribution >= 4 is 29.1 Å². The lowest BCUT2D eigenvalue weighted by Crippen LogP contribution is -2.16. The fraction of sp³-hybridized carbons (Fsp3) is 0.312. The van der Waals surface area contributed by atoms with Gasteiger partial charge in [0.05, 0.1) is 5.02 Å². The highest BCUT2D eigenvalue weighted by molar-refractivity contribution is 6.31. The number of ether oxygens (including phenoxy) is 1. The Bertz CT molecular complexity index is 727. The maximum Gasteiger partial charge on any atom is 0.274 e. The number of halogens is 2. The molecule has 128 valence electrons. The summed E-state index contributed by atoms with van der Waals surface area (Å²) in [6, 6.07) is 5.52. The van der Waals surface area contributed by atoms with Crippen LogP contribution in [0.15, 0.2) is 24.3 Å². The van der Waals surface area contributed by atoms with Gasteiger partial charge in [-0.15, -0.1) is 0 Å². The summed E-state index contributed by atoms with van der Waals surface area (Å²) >= 11 is 5.70. The highest BCUT2D eigenvalue weighted by Crippen LogP contribution is 2.20. The number of hydrogen-bond donors (Lipinski definition) is 2. The lowest BCUT2D eigenvalue weighted by Gasteiger charge is -2.09. The Balaban J connectivity index is 2.07. The molecule has 6 nitrogen and oxygen atoms in total. The molecule has 0 saturated heterocycles. The van der Waals surface area contributed by atoms with Crippen LogP contribution in [-0.2, 0) is 4.74 Å².